The minimum atomic E-state index is -0.374. The summed E-state index contributed by atoms with van der Waals surface area (Å²) < 4.78 is 11.2. The van der Waals surface area contributed by atoms with Crippen molar-refractivity contribution < 1.29 is 19.1 Å². The van der Waals surface area contributed by atoms with Crippen molar-refractivity contribution in [2.75, 3.05) is 23.4 Å². The Morgan fingerprint density at radius 3 is 2.59 bits per heavy atom. The van der Waals surface area contributed by atoms with Crippen LogP contribution >= 0.6 is 11.3 Å². The van der Waals surface area contributed by atoms with Crippen LogP contribution in [0.1, 0.15) is 29.3 Å². The molecule has 2 amide bonds. The third kappa shape index (κ3) is 3.96. The predicted octanol–water partition coefficient (Wildman–Crippen LogP) is 4.95. The smallest absolute Gasteiger partial charge is 0.229 e. The number of carbonyl (C=O) groups excluding carboxylic acids is 2. The summed E-state index contributed by atoms with van der Waals surface area (Å²) in [7, 11) is 0. The number of aryl methyl sites for hydroxylation is 1. The van der Waals surface area contributed by atoms with Gasteiger partial charge in [0.15, 0.2) is 11.5 Å². The lowest BCUT2D eigenvalue weighted by molar-refractivity contribution is -0.125. The van der Waals surface area contributed by atoms with Gasteiger partial charge in [-0.25, -0.2) is 0 Å². The normalized spacial score (nSPS) is 20.2. The Morgan fingerprint density at radius 1 is 1.06 bits per heavy atom. The number of nitrogens with zero attached hydrogens (tertiary/aromatic N) is 1. The zero-order chi connectivity index (χ0) is 22.1. The van der Waals surface area contributed by atoms with E-state index in [9.17, 15) is 9.59 Å². The van der Waals surface area contributed by atoms with Crippen LogP contribution in [0.5, 0.6) is 11.5 Å². The van der Waals surface area contributed by atoms with Gasteiger partial charge in [-0.05, 0) is 49.1 Å². The van der Waals surface area contributed by atoms with Crippen LogP contribution in [0.4, 0.5) is 11.4 Å². The maximum absolute atomic E-state index is 13.5. The van der Waals surface area contributed by atoms with E-state index < -0.39 is 0 Å². The Hall–Kier alpha value is -3.32. The third-order valence-corrected chi connectivity index (χ3v) is 6.83. The van der Waals surface area contributed by atoms with Gasteiger partial charge in [0.2, 0.25) is 11.8 Å². The molecule has 1 aromatic heterocycles. The number of piperidine rings is 1. The van der Waals surface area contributed by atoms with Crippen molar-refractivity contribution in [3.8, 4) is 11.5 Å². The van der Waals surface area contributed by atoms with Crippen LogP contribution in [0.2, 0.25) is 0 Å². The fourth-order valence-corrected chi connectivity index (χ4v) is 5.20. The molecular formula is C25H24N2O4S. The Bertz CT molecular complexity index is 1130. The van der Waals surface area contributed by atoms with E-state index in [4.69, 9.17) is 9.47 Å². The van der Waals surface area contributed by atoms with Crippen LogP contribution in [0.15, 0.2) is 60.0 Å². The molecule has 3 heterocycles. The van der Waals surface area contributed by atoms with Gasteiger partial charge in [-0.15, -0.1) is 11.3 Å². The molecule has 0 bridgehead atoms. The van der Waals surface area contributed by atoms with Gasteiger partial charge in [0, 0.05) is 28.7 Å². The molecule has 1 fully saturated rings. The van der Waals surface area contributed by atoms with E-state index in [1.807, 2.05) is 60.8 Å². The second-order valence-corrected chi connectivity index (χ2v) is 9.03. The number of amides is 2. The number of hydrogen-bond donors (Lipinski definition) is 1. The van der Waals surface area contributed by atoms with Gasteiger partial charge in [-0.2, -0.15) is 0 Å². The van der Waals surface area contributed by atoms with Gasteiger partial charge < -0.3 is 19.7 Å². The van der Waals surface area contributed by atoms with Gasteiger partial charge >= 0.3 is 0 Å². The van der Waals surface area contributed by atoms with E-state index >= 15 is 0 Å². The molecule has 0 saturated carbocycles. The van der Waals surface area contributed by atoms with Gasteiger partial charge in [0.1, 0.15) is 13.2 Å². The topological polar surface area (TPSA) is 67.9 Å². The Kier molecular flexibility index (Phi) is 5.57. The van der Waals surface area contributed by atoms with Crippen molar-refractivity contribution in [1.82, 2.24) is 0 Å². The molecule has 2 unspecified atom stereocenters. The minimum absolute atomic E-state index is 0.0376. The van der Waals surface area contributed by atoms with Crippen molar-refractivity contribution >= 4 is 34.5 Å². The molecule has 2 aromatic carbocycles. The van der Waals surface area contributed by atoms with E-state index in [0.717, 1.165) is 16.1 Å². The highest BCUT2D eigenvalue weighted by molar-refractivity contribution is 7.10. The number of fused-ring (bicyclic) bond motifs is 1. The van der Waals surface area contributed by atoms with Gasteiger partial charge in [0.25, 0.3) is 0 Å². The fraction of sp³-hybridized carbons (Fsp3) is 0.280. The van der Waals surface area contributed by atoms with Crippen molar-refractivity contribution in [3.05, 3.63) is 70.4 Å². The maximum atomic E-state index is 13.5. The monoisotopic (exact) mass is 448 g/mol. The third-order valence-electron chi connectivity index (χ3n) is 5.89. The molecule has 0 spiro atoms. The molecule has 0 radical (unpaired) electrons. The van der Waals surface area contributed by atoms with E-state index in [1.165, 1.54) is 0 Å². The standard InChI is InChI=1S/C25H24N2O4S/c1-16-4-7-18(8-5-16)27-23(28)11-9-19(24(27)22-3-2-14-32-22)25(29)26-17-6-10-20-21(15-17)31-13-12-30-20/h2-8,10,14-15,19,24H,9,11-13H2,1H3,(H,26,29). The molecule has 32 heavy (non-hydrogen) atoms. The molecule has 1 N–H and O–H groups in total. The zero-order valence-corrected chi connectivity index (χ0v) is 18.6. The van der Waals surface area contributed by atoms with Crippen molar-refractivity contribution in [1.29, 1.82) is 0 Å². The van der Waals surface area contributed by atoms with Crippen LogP contribution < -0.4 is 19.7 Å². The number of benzene rings is 2. The molecule has 7 heteroatoms. The zero-order valence-electron chi connectivity index (χ0n) is 17.7. The first-order valence-electron chi connectivity index (χ1n) is 10.7. The van der Waals surface area contributed by atoms with E-state index in [1.54, 1.807) is 22.3 Å². The van der Waals surface area contributed by atoms with Crippen LogP contribution in [0, 0.1) is 12.8 Å². The summed E-state index contributed by atoms with van der Waals surface area (Å²) in [6, 6.07) is 16.9. The van der Waals surface area contributed by atoms with Gasteiger partial charge in [-0.3, -0.25) is 9.59 Å². The summed E-state index contributed by atoms with van der Waals surface area (Å²) in [5.41, 5.74) is 2.59. The van der Waals surface area contributed by atoms with E-state index in [2.05, 4.69) is 5.32 Å². The fourth-order valence-electron chi connectivity index (χ4n) is 4.32. The highest BCUT2D eigenvalue weighted by Gasteiger charge is 2.42. The van der Waals surface area contributed by atoms with Crippen molar-refractivity contribution in [3.63, 3.8) is 0 Å². The Labute approximate surface area is 190 Å². The first-order valence-corrected chi connectivity index (χ1v) is 11.6. The number of nitrogens with one attached hydrogen (secondary N) is 1. The summed E-state index contributed by atoms with van der Waals surface area (Å²) in [6.07, 6.45) is 0.828. The predicted molar refractivity (Wildman–Crippen MR) is 125 cm³/mol. The lowest BCUT2D eigenvalue weighted by Crippen LogP contribution is -2.46. The average Bonchev–Trinajstić information content (AvgIpc) is 3.34. The quantitative estimate of drug-likeness (QED) is 0.613. The van der Waals surface area contributed by atoms with Crippen LogP contribution in [-0.2, 0) is 9.59 Å². The lowest BCUT2D eigenvalue weighted by Gasteiger charge is -2.40. The Morgan fingerprint density at radius 2 is 1.84 bits per heavy atom. The molecule has 2 aliphatic heterocycles. The number of thiophene rings is 1. The van der Waals surface area contributed by atoms with E-state index in [-0.39, 0.29) is 23.8 Å². The van der Waals surface area contributed by atoms with Gasteiger partial charge in [0.05, 0.1) is 12.0 Å². The van der Waals surface area contributed by atoms with E-state index in [0.29, 0.717) is 43.2 Å². The SMILES string of the molecule is Cc1ccc(N2C(=O)CCC(C(=O)Nc3ccc4c(c3)OCCO4)C2c2cccs2)cc1. The molecule has 1 saturated heterocycles. The average molecular weight is 449 g/mol. The molecule has 6 nitrogen and oxygen atoms in total. The number of carbonyl (C=O) groups is 2. The Balaban J connectivity index is 1.45. The maximum Gasteiger partial charge on any atom is 0.229 e. The summed E-state index contributed by atoms with van der Waals surface area (Å²) >= 11 is 1.57. The number of ether oxygens (including phenoxy) is 2. The van der Waals surface area contributed by atoms with Crippen molar-refractivity contribution in [2.24, 2.45) is 5.92 Å². The summed E-state index contributed by atoms with van der Waals surface area (Å²) in [6.45, 7) is 3.02. The summed E-state index contributed by atoms with van der Waals surface area (Å²) in [5, 5.41) is 5.03. The van der Waals surface area contributed by atoms with Crippen LogP contribution in [0.25, 0.3) is 0 Å². The molecule has 3 aromatic rings. The number of rotatable bonds is 4. The molecular weight excluding hydrogens is 424 g/mol. The van der Waals surface area contributed by atoms with Gasteiger partial charge in [-0.1, -0.05) is 23.8 Å². The van der Waals surface area contributed by atoms with Crippen molar-refractivity contribution in [2.45, 2.75) is 25.8 Å². The second kappa shape index (κ2) is 8.67. The summed E-state index contributed by atoms with van der Waals surface area (Å²) in [4.78, 5) is 29.3. The molecule has 2 aliphatic rings. The van der Waals surface area contributed by atoms with Crippen LogP contribution in [-0.4, -0.2) is 25.0 Å². The number of anilines is 2. The largest absolute Gasteiger partial charge is 0.486 e. The first kappa shape index (κ1) is 20.6. The highest BCUT2D eigenvalue weighted by Crippen LogP contribution is 2.42. The molecule has 0 aliphatic carbocycles. The molecule has 2 atom stereocenters. The highest BCUT2D eigenvalue weighted by atomic mass is 32.1. The first-order chi connectivity index (χ1) is 15.6. The lowest BCUT2D eigenvalue weighted by atomic mass is 9.86. The minimum Gasteiger partial charge on any atom is -0.486 e. The van der Waals surface area contributed by atoms with Crippen LogP contribution in [0.3, 0.4) is 0 Å². The molecule has 5 rings (SSSR count). The second-order valence-electron chi connectivity index (χ2n) is 8.05. The molecule has 164 valence electrons. The number of hydrogen-bond acceptors (Lipinski definition) is 5. The summed E-state index contributed by atoms with van der Waals surface area (Å²) in [5.74, 6) is 0.865.